The van der Waals surface area contributed by atoms with Crippen LogP contribution in [0.4, 0.5) is 11.4 Å². The van der Waals surface area contributed by atoms with Crippen molar-refractivity contribution in [3.8, 4) is 0 Å². The van der Waals surface area contributed by atoms with Crippen LogP contribution in [0.1, 0.15) is 23.7 Å². The van der Waals surface area contributed by atoms with Crippen molar-refractivity contribution in [2.45, 2.75) is 37.0 Å². The molecule has 2 saturated heterocycles. The fraction of sp³-hybridized carbons (Fsp3) is 0.400. The molecule has 2 aliphatic rings. The molecule has 2 unspecified atom stereocenters. The molecule has 2 aliphatic heterocycles. The maximum Gasteiger partial charge on any atom is 0.269 e. The Morgan fingerprint density at radius 2 is 1.50 bits per heavy atom. The van der Waals surface area contributed by atoms with E-state index in [1.165, 1.54) is 36.4 Å². The van der Waals surface area contributed by atoms with Crippen molar-refractivity contribution in [2.24, 2.45) is 0 Å². The summed E-state index contributed by atoms with van der Waals surface area (Å²) in [5, 5.41) is 42.7. The molecule has 4 rings (SSSR count). The molecule has 170 valence electrons. The first-order valence-corrected chi connectivity index (χ1v) is 9.73. The highest BCUT2D eigenvalue weighted by Crippen LogP contribution is 2.37. The minimum Gasteiger partial charge on any atom is -0.394 e. The number of nitro benzene ring substituents is 2. The molecule has 32 heavy (non-hydrogen) atoms. The van der Waals surface area contributed by atoms with E-state index in [0.717, 1.165) is 0 Å². The number of benzene rings is 2. The maximum absolute atomic E-state index is 11.1. The average molecular weight is 448 g/mol. The number of fused-ring (bicyclic) bond motifs is 2. The molecule has 2 aromatic carbocycles. The van der Waals surface area contributed by atoms with Gasteiger partial charge in [-0.25, -0.2) is 0 Å². The van der Waals surface area contributed by atoms with Gasteiger partial charge in [-0.2, -0.15) is 0 Å². The van der Waals surface area contributed by atoms with Crippen molar-refractivity contribution < 1.29 is 39.0 Å². The number of nitro groups is 2. The number of rotatable bonds is 5. The molecular formula is C20H20N2O10. The minimum atomic E-state index is -1.21. The van der Waals surface area contributed by atoms with Crippen LogP contribution in [-0.2, 0) is 18.9 Å². The Hall–Kier alpha value is -3.00. The van der Waals surface area contributed by atoms with Gasteiger partial charge in [-0.3, -0.25) is 20.2 Å². The summed E-state index contributed by atoms with van der Waals surface area (Å²) < 4.78 is 23.2. The summed E-state index contributed by atoms with van der Waals surface area (Å²) in [5.41, 5.74) is 0.393. The van der Waals surface area contributed by atoms with Crippen molar-refractivity contribution in [1.29, 1.82) is 0 Å². The zero-order chi connectivity index (χ0) is 22.8. The predicted octanol–water partition coefficient (Wildman–Crippen LogP) is 1.75. The van der Waals surface area contributed by atoms with Crippen LogP contribution in [-0.4, -0.2) is 57.7 Å². The highest BCUT2D eigenvalue weighted by Gasteiger charge is 2.46. The second-order valence-corrected chi connectivity index (χ2v) is 7.32. The van der Waals surface area contributed by atoms with Gasteiger partial charge in [0.05, 0.1) is 23.1 Å². The number of aliphatic hydroxyl groups excluding tert-OH is 2. The first kappa shape index (κ1) is 22.2. The van der Waals surface area contributed by atoms with Crippen molar-refractivity contribution in [3.63, 3.8) is 0 Å². The fourth-order valence-corrected chi connectivity index (χ4v) is 3.66. The molecule has 6 atom stereocenters. The van der Waals surface area contributed by atoms with Crippen molar-refractivity contribution in [3.05, 3.63) is 79.9 Å². The average Bonchev–Trinajstić information content (AvgIpc) is 2.80. The number of aliphatic hydroxyl groups is 2. The first-order chi connectivity index (χ1) is 15.4. The number of nitrogens with zero attached hydrogens (tertiary/aromatic N) is 2. The molecule has 2 heterocycles. The lowest BCUT2D eigenvalue weighted by Crippen LogP contribution is -2.57. The van der Waals surface area contributed by atoms with Gasteiger partial charge in [-0.05, 0) is 0 Å². The molecule has 2 bridgehead atoms. The molecule has 0 aliphatic carbocycles. The number of ether oxygens (including phenoxy) is 4. The van der Waals surface area contributed by atoms with Crippen LogP contribution in [0.15, 0.2) is 48.5 Å². The van der Waals surface area contributed by atoms with E-state index in [1.54, 1.807) is 12.1 Å². The van der Waals surface area contributed by atoms with Crippen LogP contribution in [0.3, 0.4) is 0 Å². The second-order valence-electron chi connectivity index (χ2n) is 7.32. The fourth-order valence-electron chi connectivity index (χ4n) is 3.66. The van der Waals surface area contributed by atoms with Crippen LogP contribution in [0.25, 0.3) is 0 Å². The summed E-state index contributed by atoms with van der Waals surface area (Å²) >= 11 is 0. The summed E-state index contributed by atoms with van der Waals surface area (Å²) in [6.45, 7) is -0.706. The van der Waals surface area contributed by atoms with E-state index in [0.29, 0.717) is 11.1 Å². The number of hydrogen-bond acceptors (Lipinski definition) is 10. The quantitative estimate of drug-likeness (QED) is 0.509. The Morgan fingerprint density at radius 1 is 0.906 bits per heavy atom. The standard InChI is InChI=1S/C20H20N2O10/c23-9-15-18-17(24)16(31-20(32-18)12-4-2-6-14(8-12)22(27)28)10-29-19(30-15)11-3-1-5-13(7-11)21(25)26/h1-8,15-20,23-24H,9-10H2/t15-,16+,17+,18+,19?,20?/m0/s1. The Balaban J connectivity index is 1.60. The van der Waals surface area contributed by atoms with Crippen molar-refractivity contribution >= 4 is 11.4 Å². The lowest BCUT2D eigenvalue weighted by Gasteiger charge is -2.45. The third kappa shape index (κ3) is 4.46. The summed E-state index contributed by atoms with van der Waals surface area (Å²) in [6, 6.07) is 11.4. The van der Waals surface area contributed by atoms with Crippen molar-refractivity contribution in [1.82, 2.24) is 0 Å². The molecule has 2 aromatic rings. The largest absolute Gasteiger partial charge is 0.394 e. The van der Waals surface area contributed by atoms with Gasteiger partial charge in [0.25, 0.3) is 11.4 Å². The Kier molecular flexibility index (Phi) is 6.41. The number of hydrogen-bond donors (Lipinski definition) is 2. The zero-order valence-corrected chi connectivity index (χ0v) is 16.6. The van der Waals surface area contributed by atoms with E-state index >= 15 is 0 Å². The van der Waals surface area contributed by atoms with Crippen LogP contribution in [0, 0.1) is 20.2 Å². The summed E-state index contributed by atoms with van der Waals surface area (Å²) in [4.78, 5) is 21.1. The first-order valence-electron chi connectivity index (χ1n) is 9.73. The molecule has 0 saturated carbocycles. The van der Waals surface area contributed by atoms with Gasteiger partial charge in [0.2, 0.25) is 0 Å². The van der Waals surface area contributed by atoms with E-state index in [-0.39, 0.29) is 18.0 Å². The van der Waals surface area contributed by atoms with E-state index in [4.69, 9.17) is 18.9 Å². The smallest absolute Gasteiger partial charge is 0.269 e. The topological polar surface area (TPSA) is 164 Å². The maximum atomic E-state index is 11.1. The Labute approximate surface area is 181 Å². The predicted molar refractivity (Wildman–Crippen MR) is 105 cm³/mol. The molecule has 0 amide bonds. The normalized spacial score (nSPS) is 30.2. The molecule has 2 fully saturated rings. The number of non-ortho nitro benzene ring substituents is 2. The summed E-state index contributed by atoms with van der Waals surface area (Å²) in [5.74, 6) is 0. The van der Waals surface area contributed by atoms with Crippen LogP contribution < -0.4 is 0 Å². The Morgan fingerprint density at radius 3 is 2.06 bits per heavy atom. The molecule has 2 N–H and O–H groups in total. The van der Waals surface area contributed by atoms with Crippen molar-refractivity contribution in [2.75, 3.05) is 13.2 Å². The minimum absolute atomic E-state index is 0.155. The van der Waals surface area contributed by atoms with E-state index in [1.807, 2.05) is 0 Å². The van der Waals surface area contributed by atoms with Gasteiger partial charge < -0.3 is 29.2 Å². The van der Waals surface area contributed by atoms with E-state index in [9.17, 15) is 30.4 Å². The second kappa shape index (κ2) is 9.24. The monoisotopic (exact) mass is 448 g/mol. The molecule has 0 aromatic heterocycles. The molecule has 0 radical (unpaired) electrons. The van der Waals surface area contributed by atoms with Gasteiger partial charge in [0, 0.05) is 35.4 Å². The van der Waals surface area contributed by atoms with Gasteiger partial charge >= 0.3 is 0 Å². The summed E-state index contributed by atoms with van der Waals surface area (Å²) in [7, 11) is 0. The van der Waals surface area contributed by atoms with E-state index < -0.39 is 53.4 Å². The van der Waals surface area contributed by atoms with Gasteiger partial charge in [-0.1, -0.05) is 24.3 Å². The van der Waals surface area contributed by atoms with Gasteiger partial charge in [0.1, 0.15) is 24.4 Å². The van der Waals surface area contributed by atoms with E-state index in [2.05, 4.69) is 0 Å². The SMILES string of the molecule is O=[N+]([O-])c1cccc(C2OC[C@H]3OC(c4cccc([N+](=O)[O-])c4)O[C@@H]([C@@H]3O)[C@H](CO)O2)c1. The zero-order valence-electron chi connectivity index (χ0n) is 16.6. The molecular weight excluding hydrogens is 428 g/mol. The Bertz CT molecular complexity index is 944. The third-order valence-corrected chi connectivity index (χ3v) is 5.26. The highest BCUT2D eigenvalue weighted by molar-refractivity contribution is 5.36. The highest BCUT2D eigenvalue weighted by atomic mass is 16.8. The van der Waals surface area contributed by atoms with Crippen LogP contribution in [0.5, 0.6) is 0 Å². The van der Waals surface area contributed by atoms with Crippen LogP contribution in [0.2, 0.25) is 0 Å². The summed E-state index contributed by atoms with van der Waals surface area (Å²) in [6.07, 6.45) is -6.38. The lowest BCUT2D eigenvalue weighted by molar-refractivity contribution is -0.385. The van der Waals surface area contributed by atoms with Gasteiger partial charge in [0.15, 0.2) is 12.6 Å². The van der Waals surface area contributed by atoms with Crippen LogP contribution >= 0.6 is 0 Å². The molecule has 12 nitrogen and oxygen atoms in total. The molecule has 12 heteroatoms. The molecule has 0 spiro atoms. The lowest BCUT2D eigenvalue weighted by atomic mass is 10.00. The van der Waals surface area contributed by atoms with Gasteiger partial charge in [-0.15, -0.1) is 0 Å². The third-order valence-electron chi connectivity index (χ3n) is 5.26.